The minimum Gasteiger partial charge on any atom is -0.307 e. The highest BCUT2D eigenvalue weighted by Crippen LogP contribution is 2.46. The maximum Gasteiger partial charge on any atom is 0.224 e. The number of nitriles is 1. The molecule has 6 aromatic rings. The van der Waals surface area contributed by atoms with E-state index in [2.05, 4.69) is 52.5 Å². The topological polar surface area (TPSA) is 32.1 Å². The first-order valence-electron chi connectivity index (χ1n) is 11.3. The van der Waals surface area contributed by atoms with Crippen molar-refractivity contribution >= 4 is 49.0 Å². The van der Waals surface area contributed by atoms with E-state index in [1.807, 2.05) is 46.8 Å². The summed E-state index contributed by atoms with van der Waals surface area (Å²) in [6.07, 6.45) is 2.07. The molecule has 3 nitrogen and oxygen atoms in total. The minimum absolute atomic E-state index is 0.149. The second-order valence-electron chi connectivity index (χ2n) is 9.89. The van der Waals surface area contributed by atoms with E-state index in [1.165, 1.54) is 0 Å². The number of nitrogens with zero attached hydrogens (tertiary/aromatic N) is 3. The van der Waals surface area contributed by atoms with Gasteiger partial charge in [0, 0.05) is 22.4 Å². The van der Waals surface area contributed by atoms with Crippen LogP contribution in [0.15, 0.2) is 42.6 Å². The van der Waals surface area contributed by atoms with Gasteiger partial charge in [0.25, 0.3) is 0 Å². The summed E-state index contributed by atoms with van der Waals surface area (Å²) in [7, 11) is 2.06. The van der Waals surface area contributed by atoms with Gasteiger partial charge in [0.15, 0.2) is 6.20 Å². The lowest BCUT2D eigenvalue weighted by Gasteiger charge is -2.21. The first-order valence-corrected chi connectivity index (χ1v) is 11.3. The number of aryl methyl sites for hydroxylation is 3. The fraction of sp³-hybridized carbons (Fsp3) is 0.241. The molecule has 33 heavy (non-hydrogen) atoms. The molecular weight excluding hydrogens is 409 g/mol. The third-order valence-electron chi connectivity index (χ3n) is 7.64. The van der Waals surface area contributed by atoms with Gasteiger partial charge in [-0.1, -0.05) is 18.2 Å². The Hall–Kier alpha value is -3.71. The number of rotatable bonds is 1. The summed E-state index contributed by atoms with van der Waals surface area (Å²) in [5.74, 6) is -0.149. The van der Waals surface area contributed by atoms with Gasteiger partial charge in [-0.2, -0.15) is 5.26 Å². The molecule has 3 aromatic carbocycles. The quantitative estimate of drug-likeness (QED) is 0.161. The monoisotopic (exact) mass is 434 g/mol. The molecule has 0 fully saturated rings. The van der Waals surface area contributed by atoms with Crippen LogP contribution in [-0.2, 0) is 12.5 Å². The highest BCUT2D eigenvalue weighted by atomic mass is 19.1. The molecule has 0 radical (unpaired) electrons. The number of hydrogen-bond acceptors (Lipinski definition) is 1. The van der Waals surface area contributed by atoms with Crippen LogP contribution in [-0.4, -0.2) is 4.40 Å². The molecule has 4 heteroatoms. The van der Waals surface area contributed by atoms with Crippen molar-refractivity contribution in [2.45, 2.75) is 40.0 Å². The lowest BCUT2D eigenvalue weighted by Crippen LogP contribution is -2.29. The van der Waals surface area contributed by atoms with Gasteiger partial charge in [0.1, 0.15) is 12.9 Å². The molecule has 0 aliphatic carbocycles. The van der Waals surface area contributed by atoms with E-state index in [1.54, 1.807) is 0 Å². The van der Waals surface area contributed by atoms with Crippen LogP contribution in [0.1, 0.15) is 36.1 Å². The number of hydrogen-bond donors (Lipinski definition) is 0. The van der Waals surface area contributed by atoms with Gasteiger partial charge in [-0.05, 0) is 68.8 Å². The zero-order valence-corrected chi connectivity index (χ0v) is 19.8. The normalized spacial score (nSPS) is 12.7. The van der Waals surface area contributed by atoms with Crippen LogP contribution in [0.4, 0.5) is 4.39 Å². The van der Waals surface area contributed by atoms with Crippen LogP contribution in [0.3, 0.4) is 0 Å². The lowest BCUT2D eigenvalue weighted by atomic mass is 9.81. The molecule has 3 aromatic heterocycles. The highest BCUT2D eigenvalue weighted by Gasteiger charge is 2.32. The summed E-state index contributed by atoms with van der Waals surface area (Å²) >= 11 is 0. The van der Waals surface area contributed by atoms with Crippen molar-refractivity contribution in [1.82, 2.24) is 4.40 Å². The fourth-order valence-corrected chi connectivity index (χ4v) is 5.77. The van der Waals surface area contributed by atoms with Crippen LogP contribution in [0.2, 0.25) is 0 Å². The largest absolute Gasteiger partial charge is 0.307 e. The first kappa shape index (κ1) is 19.9. The number of para-hydroxylation sites is 1. The zero-order valence-electron chi connectivity index (χ0n) is 19.8. The van der Waals surface area contributed by atoms with Gasteiger partial charge in [0.05, 0.1) is 38.8 Å². The van der Waals surface area contributed by atoms with Gasteiger partial charge < -0.3 is 4.40 Å². The molecule has 0 saturated heterocycles. The van der Waals surface area contributed by atoms with E-state index in [4.69, 9.17) is 0 Å². The van der Waals surface area contributed by atoms with Crippen LogP contribution in [0, 0.1) is 37.9 Å². The fourth-order valence-electron chi connectivity index (χ4n) is 5.77. The number of benzene rings is 3. The number of aromatic nitrogens is 2. The van der Waals surface area contributed by atoms with E-state index in [0.717, 1.165) is 60.1 Å². The maximum atomic E-state index is 15.5. The summed E-state index contributed by atoms with van der Waals surface area (Å²) in [4.78, 5) is 0. The number of halogens is 1. The average molecular weight is 435 g/mol. The predicted molar refractivity (Wildman–Crippen MR) is 133 cm³/mol. The van der Waals surface area contributed by atoms with Crippen LogP contribution in [0.5, 0.6) is 0 Å². The Morgan fingerprint density at radius 1 is 0.939 bits per heavy atom. The summed E-state index contributed by atoms with van der Waals surface area (Å²) in [6, 6.07) is 15.1. The van der Waals surface area contributed by atoms with Crippen molar-refractivity contribution in [2.24, 2.45) is 7.05 Å². The van der Waals surface area contributed by atoms with E-state index in [0.29, 0.717) is 11.1 Å². The molecule has 6 rings (SSSR count). The Kier molecular flexibility index (Phi) is 3.75. The van der Waals surface area contributed by atoms with Crippen LogP contribution in [0.25, 0.3) is 49.0 Å². The molecule has 3 heterocycles. The van der Waals surface area contributed by atoms with Gasteiger partial charge in [-0.15, -0.1) is 0 Å². The molecule has 0 spiro atoms. The molecule has 0 saturated carbocycles. The third-order valence-corrected chi connectivity index (χ3v) is 7.64. The molecular formula is C29H25FN3+. The molecule has 0 aliphatic rings. The second-order valence-corrected chi connectivity index (χ2v) is 9.89. The Morgan fingerprint density at radius 2 is 1.67 bits per heavy atom. The van der Waals surface area contributed by atoms with Crippen molar-refractivity contribution in [3.05, 3.63) is 70.7 Å². The number of pyridine rings is 2. The van der Waals surface area contributed by atoms with Gasteiger partial charge in [-0.3, -0.25) is 0 Å². The Labute approximate surface area is 191 Å². The Morgan fingerprint density at radius 3 is 2.39 bits per heavy atom. The van der Waals surface area contributed by atoms with Crippen molar-refractivity contribution in [3.63, 3.8) is 0 Å². The molecule has 0 bridgehead atoms. The summed E-state index contributed by atoms with van der Waals surface area (Å²) in [6.45, 7) is 9.73. The summed E-state index contributed by atoms with van der Waals surface area (Å²) < 4.78 is 19.9. The van der Waals surface area contributed by atoms with Crippen molar-refractivity contribution in [2.75, 3.05) is 0 Å². The van der Waals surface area contributed by atoms with Crippen LogP contribution >= 0.6 is 0 Å². The van der Waals surface area contributed by atoms with Crippen molar-refractivity contribution in [3.8, 4) is 6.07 Å². The van der Waals surface area contributed by atoms with Gasteiger partial charge in [-0.25, -0.2) is 8.96 Å². The van der Waals surface area contributed by atoms with E-state index in [-0.39, 0.29) is 5.82 Å². The molecule has 0 unspecified atom stereocenters. The van der Waals surface area contributed by atoms with E-state index < -0.39 is 5.41 Å². The molecule has 0 N–H and O–H groups in total. The zero-order chi connectivity index (χ0) is 23.4. The molecule has 162 valence electrons. The summed E-state index contributed by atoms with van der Waals surface area (Å²) in [5.41, 5.74) is 6.77. The maximum absolute atomic E-state index is 15.5. The molecule has 0 amide bonds. The first-order chi connectivity index (χ1) is 15.7. The Bertz CT molecular complexity index is 1850. The SMILES string of the molecule is Cc1c(F)c(C)c2c(c1C)c1c3c(cc[n+]1C)cc(C(C)(C)C#N)c1c4ccccc4n2c13. The van der Waals surface area contributed by atoms with Crippen molar-refractivity contribution in [1.29, 1.82) is 5.26 Å². The average Bonchev–Trinajstić information content (AvgIpc) is 3.16. The van der Waals surface area contributed by atoms with Gasteiger partial charge >= 0.3 is 0 Å². The smallest absolute Gasteiger partial charge is 0.224 e. The predicted octanol–water partition coefficient (Wildman–Crippen LogP) is 6.68. The molecule has 0 atom stereocenters. The second kappa shape index (κ2) is 6.20. The van der Waals surface area contributed by atoms with E-state index in [9.17, 15) is 5.26 Å². The van der Waals surface area contributed by atoms with Gasteiger partial charge in [0.2, 0.25) is 5.52 Å². The third kappa shape index (κ3) is 2.25. The minimum atomic E-state index is -0.675. The van der Waals surface area contributed by atoms with E-state index >= 15 is 4.39 Å². The highest BCUT2D eigenvalue weighted by molar-refractivity contribution is 6.28. The van der Waals surface area contributed by atoms with Crippen LogP contribution < -0.4 is 4.57 Å². The Balaban J connectivity index is 2.14. The lowest BCUT2D eigenvalue weighted by molar-refractivity contribution is -0.643. The summed E-state index contributed by atoms with van der Waals surface area (Å²) in [5, 5.41) is 15.6. The van der Waals surface area contributed by atoms with Crippen molar-refractivity contribution < 1.29 is 8.96 Å². The number of fused-ring (bicyclic) bond motifs is 6. The standard InChI is InChI=1S/C29H25FN3/c1-15-16(2)25(30)17(3)26-22(15)27-23-18(11-12-32(27)6)13-20(29(4,5)14-31)24-19-9-7-8-10-21(19)33(26)28(23)24/h7-13H,1-6H3/q+1. The molecule has 0 aliphatic heterocycles.